The Balaban J connectivity index is 2.01. The third-order valence-electron chi connectivity index (χ3n) is 3.95. The predicted molar refractivity (Wildman–Crippen MR) is 74.7 cm³/mol. The first-order valence-corrected chi connectivity index (χ1v) is 6.74. The molecule has 0 aromatic carbocycles. The second-order valence-electron chi connectivity index (χ2n) is 5.24. The predicted octanol–water partition coefficient (Wildman–Crippen LogP) is 0.468. The zero-order valence-corrected chi connectivity index (χ0v) is 11.9. The van der Waals surface area contributed by atoms with E-state index in [0.29, 0.717) is 0 Å². The van der Waals surface area contributed by atoms with Gasteiger partial charge in [0.1, 0.15) is 5.82 Å². The summed E-state index contributed by atoms with van der Waals surface area (Å²) in [7, 11) is 3.86. The molecule has 0 saturated carbocycles. The van der Waals surface area contributed by atoms with E-state index in [1.807, 2.05) is 25.7 Å². The van der Waals surface area contributed by atoms with Gasteiger partial charge in [-0.15, -0.1) is 0 Å². The number of aryl methyl sites for hydroxylation is 2. The lowest BCUT2D eigenvalue weighted by Crippen LogP contribution is -2.38. The minimum absolute atomic E-state index is 0.0509. The van der Waals surface area contributed by atoms with E-state index in [-0.39, 0.29) is 11.8 Å². The summed E-state index contributed by atoms with van der Waals surface area (Å²) in [6, 6.07) is 0. The van der Waals surface area contributed by atoms with Gasteiger partial charge in [0.25, 0.3) is 0 Å². The molecular formula is C13H23N5O. The Labute approximate surface area is 113 Å². The van der Waals surface area contributed by atoms with Crippen LogP contribution in [0.15, 0.2) is 0 Å². The molecule has 19 heavy (non-hydrogen) atoms. The van der Waals surface area contributed by atoms with E-state index in [9.17, 15) is 4.79 Å². The number of piperidine rings is 1. The zero-order chi connectivity index (χ0) is 14.0. The summed E-state index contributed by atoms with van der Waals surface area (Å²) in [6.07, 6.45) is 1.73. The van der Waals surface area contributed by atoms with E-state index in [1.165, 1.54) is 5.56 Å². The van der Waals surface area contributed by atoms with Crippen molar-refractivity contribution in [1.82, 2.24) is 14.7 Å². The maximum atomic E-state index is 11.2. The molecule has 2 rings (SSSR count). The van der Waals surface area contributed by atoms with Crippen molar-refractivity contribution in [2.24, 2.45) is 18.7 Å². The molecule has 1 amide bonds. The van der Waals surface area contributed by atoms with Gasteiger partial charge in [0.05, 0.1) is 5.69 Å². The molecule has 106 valence electrons. The van der Waals surface area contributed by atoms with Crippen LogP contribution in [0.3, 0.4) is 0 Å². The number of nitrogens with two attached hydrogens (primary N) is 1. The number of amides is 1. The number of hydrogen-bond acceptors (Lipinski definition) is 4. The SMILES string of the molecule is CNc1c(CN2CCC(C(N)=O)CC2)c(C)nn1C. The van der Waals surface area contributed by atoms with Crippen LogP contribution in [0.5, 0.6) is 0 Å². The Morgan fingerprint density at radius 1 is 1.47 bits per heavy atom. The van der Waals surface area contributed by atoms with Crippen molar-refractivity contribution in [3.8, 4) is 0 Å². The molecule has 3 N–H and O–H groups in total. The van der Waals surface area contributed by atoms with Gasteiger partial charge in [0.15, 0.2) is 0 Å². The quantitative estimate of drug-likeness (QED) is 0.829. The molecule has 0 atom stereocenters. The average Bonchev–Trinajstić information content (AvgIpc) is 2.64. The standard InChI is InChI=1S/C13H23N5O/c1-9-11(13(15-2)17(3)16-9)8-18-6-4-10(5-7-18)12(14)19/h10,15H,4-8H2,1-3H3,(H2,14,19). The Hall–Kier alpha value is -1.56. The highest BCUT2D eigenvalue weighted by Gasteiger charge is 2.24. The van der Waals surface area contributed by atoms with Crippen molar-refractivity contribution >= 4 is 11.7 Å². The lowest BCUT2D eigenvalue weighted by molar-refractivity contribution is -0.123. The molecule has 1 saturated heterocycles. The Kier molecular flexibility index (Phi) is 4.09. The highest BCUT2D eigenvalue weighted by Crippen LogP contribution is 2.23. The second kappa shape index (κ2) is 5.61. The van der Waals surface area contributed by atoms with Crippen molar-refractivity contribution in [3.63, 3.8) is 0 Å². The lowest BCUT2D eigenvalue weighted by Gasteiger charge is -2.30. The first-order chi connectivity index (χ1) is 9.02. The second-order valence-corrected chi connectivity index (χ2v) is 5.24. The number of anilines is 1. The Morgan fingerprint density at radius 3 is 2.63 bits per heavy atom. The fourth-order valence-corrected chi connectivity index (χ4v) is 2.80. The van der Waals surface area contributed by atoms with Gasteiger partial charge < -0.3 is 11.1 Å². The number of hydrogen-bond donors (Lipinski definition) is 2. The van der Waals surface area contributed by atoms with E-state index in [0.717, 1.165) is 44.0 Å². The van der Waals surface area contributed by atoms with Gasteiger partial charge >= 0.3 is 0 Å². The molecular weight excluding hydrogens is 242 g/mol. The summed E-state index contributed by atoms with van der Waals surface area (Å²) in [5.74, 6) is 0.956. The van der Waals surface area contributed by atoms with Gasteiger partial charge in [-0.3, -0.25) is 14.4 Å². The number of carbonyl (C=O) groups excluding carboxylic acids is 1. The van der Waals surface area contributed by atoms with Crippen molar-refractivity contribution in [3.05, 3.63) is 11.3 Å². The molecule has 0 bridgehead atoms. The van der Waals surface area contributed by atoms with Crippen LogP contribution in [-0.4, -0.2) is 40.7 Å². The smallest absolute Gasteiger partial charge is 0.220 e. The fraction of sp³-hybridized carbons (Fsp3) is 0.692. The van der Waals surface area contributed by atoms with Crippen molar-refractivity contribution in [2.45, 2.75) is 26.3 Å². The van der Waals surface area contributed by atoms with E-state index in [4.69, 9.17) is 5.73 Å². The third kappa shape index (κ3) is 2.89. The van der Waals surface area contributed by atoms with Crippen LogP contribution in [0, 0.1) is 12.8 Å². The van der Waals surface area contributed by atoms with Crippen molar-refractivity contribution < 1.29 is 4.79 Å². The molecule has 0 unspecified atom stereocenters. The third-order valence-corrected chi connectivity index (χ3v) is 3.95. The van der Waals surface area contributed by atoms with Crippen LogP contribution in [0.4, 0.5) is 5.82 Å². The first-order valence-electron chi connectivity index (χ1n) is 6.74. The minimum atomic E-state index is -0.159. The van der Waals surface area contributed by atoms with Gasteiger partial charge in [-0.2, -0.15) is 5.10 Å². The molecule has 6 heteroatoms. The van der Waals surface area contributed by atoms with E-state index in [1.54, 1.807) is 0 Å². The maximum absolute atomic E-state index is 11.2. The number of rotatable bonds is 4. The minimum Gasteiger partial charge on any atom is -0.373 e. The number of likely N-dealkylation sites (tertiary alicyclic amines) is 1. The normalized spacial score (nSPS) is 17.6. The summed E-state index contributed by atoms with van der Waals surface area (Å²) < 4.78 is 1.88. The molecule has 1 aliphatic heterocycles. The monoisotopic (exact) mass is 265 g/mol. The van der Waals surface area contributed by atoms with Gasteiger partial charge in [-0.1, -0.05) is 0 Å². The van der Waals surface area contributed by atoms with Gasteiger partial charge in [0.2, 0.25) is 5.91 Å². The molecule has 0 radical (unpaired) electrons. The van der Waals surface area contributed by atoms with E-state index in [2.05, 4.69) is 15.3 Å². The summed E-state index contributed by atoms with van der Waals surface area (Å²) in [4.78, 5) is 13.5. The van der Waals surface area contributed by atoms with Crippen molar-refractivity contribution in [2.75, 3.05) is 25.5 Å². The van der Waals surface area contributed by atoms with Gasteiger partial charge in [-0.05, 0) is 32.9 Å². The van der Waals surface area contributed by atoms with E-state index < -0.39 is 0 Å². The molecule has 6 nitrogen and oxygen atoms in total. The van der Waals surface area contributed by atoms with E-state index >= 15 is 0 Å². The van der Waals surface area contributed by atoms with Crippen LogP contribution in [0.2, 0.25) is 0 Å². The topological polar surface area (TPSA) is 76.2 Å². The zero-order valence-electron chi connectivity index (χ0n) is 11.9. The molecule has 1 aromatic rings. The number of primary amides is 1. The molecule has 2 heterocycles. The summed E-state index contributed by atoms with van der Waals surface area (Å²) in [5.41, 5.74) is 7.66. The largest absolute Gasteiger partial charge is 0.373 e. The van der Waals surface area contributed by atoms with Crippen LogP contribution in [0.1, 0.15) is 24.1 Å². The molecule has 1 aliphatic rings. The van der Waals surface area contributed by atoms with Crippen molar-refractivity contribution in [1.29, 1.82) is 0 Å². The highest BCUT2D eigenvalue weighted by atomic mass is 16.1. The van der Waals surface area contributed by atoms with Crippen LogP contribution < -0.4 is 11.1 Å². The molecule has 1 aromatic heterocycles. The highest BCUT2D eigenvalue weighted by molar-refractivity contribution is 5.76. The lowest BCUT2D eigenvalue weighted by atomic mass is 9.96. The van der Waals surface area contributed by atoms with Crippen LogP contribution >= 0.6 is 0 Å². The molecule has 0 aliphatic carbocycles. The molecule has 0 spiro atoms. The first kappa shape index (κ1) is 13.9. The molecule has 1 fully saturated rings. The number of nitrogens with zero attached hydrogens (tertiary/aromatic N) is 3. The Bertz CT molecular complexity index is 460. The summed E-state index contributed by atoms with van der Waals surface area (Å²) >= 11 is 0. The number of carbonyl (C=O) groups is 1. The summed E-state index contributed by atoms with van der Waals surface area (Å²) in [5, 5.41) is 7.64. The van der Waals surface area contributed by atoms with Gasteiger partial charge in [0, 0.05) is 32.1 Å². The van der Waals surface area contributed by atoms with Crippen LogP contribution in [-0.2, 0) is 18.4 Å². The van der Waals surface area contributed by atoms with Gasteiger partial charge in [-0.25, -0.2) is 0 Å². The number of nitrogens with one attached hydrogen (secondary N) is 1. The Morgan fingerprint density at radius 2 is 2.11 bits per heavy atom. The fourth-order valence-electron chi connectivity index (χ4n) is 2.80. The number of aromatic nitrogens is 2. The average molecular weight is 265 g/mol. The maximum Gasteiger partial charge on any atom is 0.220 e. The van der Waals surface area contributed by atoms with Crippen LogP contribution in [0.25, 0.3) is 0 Å². The summed E-state index contributed by atoms with van der Waals surface area (Å²) in [6.45, 7) is 4.75.